The van der Waals surface area contributed by atoms with Crippen molar-refractivity contribution >= 4 is 17.4 Å². The smallest absolute Gasteiger partial charge is 0.420 e. The molecule has 0 saturated carbocycles. The molecule has 2 aromatic heterocycles. The molecule has 0 spiro atoms. The Morgan fingerprint density at radius 1 is 1.09 bits per heavy atom. The van der Waals surface area contributed by atoms with Gasteiger partial charge < -0.3 is 24.8 Å². The first-order valence-corrected chi connectivity index (χ1v) is 13.9. The predicted octanol–water partition coefficient (Wildman–Crippen LogP) is 5.36. The van der Waals surface area contributed by atoms with Crippen molar-refractivity contribution in [3.63, 3.8) is 0 Å². The maximum absolute atomic E-state index is 15.5. The van der Waals surface area contributed by atoms with Gasteiger partial charge in [-0.25, -0.2) is 13.8 Å². The lowest BCUT2D eigenvalue weighted by Gasteiger charge is -2.25. The Bertz CT molecular complexity index is 1830. The summed E-state index contributed by atoms with van der Waals surface area (Å²) in [4.78, 5) is 33.0. The van der Waals surface area contributed by atoms with Crippen LogP contribution in [-0.4, -0.2) is 58.3 Å². The van der Waals surface area contributed by atoms with Gasteiger partial charge in [-0.05, 0) is 49.2 Å². The second-order valence-corrected chi connectivity index (χ2v) is 10.4. The van der Waals surface area contributed by atoms with E-state index in [1.54, 1.807) is 4.90 Å². The fourth-order valence-electron chi connectivity index (χ4n) is 5.42. The van der Waals surface area contributed by atoms with Crippen LogP contribution in [-0.2, 0) is 13.2 Å². The number of ether oxygens (including phenoxy) is 2. The lowest BCUT2D eigenvalue weighted by molar-refractivity contribution is -0.137. The zero-order valence-electron chi connectivity index (χ0n) is 24.6. The molecule has 1 fully saturated rings. The molecule has 250 valence electrons. The minimum atomic E-state index is -5.06. The van der Waals surface area contributed by atoms with Crippen LogP contribution in [0.25, 0.3) is 17.1 Å². The molecule has 47 heavy (non-hydrogen) atoms. The van der Waals surface area contributed by atoms with Gasteiger partial charge in [-0.2, -0.15) is 26.6 Å². The molecule has 1 amide bonds. The first kappa shape index (κ1) is 33.3. The molecule has 0 bridgehead atoms. The number of methoxy groups -OCH3 is 1. The zero-order valence-corrected chi connectivity index (χ0v) is 24.6. The molecule has 2 N–H and O–H groups in total. The van der Waals surface area contributed by atoms with Crippen LogP contribution >= 0.6 is 0 Å². The molecule has 4 aromatic rings. The summed E-state index contributed by atoms with van der Waals surface area (Å²) in [5.41, 5.74) is -5.29. The number of aliphatic hydroxyl groups excluding tert-OH is 1. The maximum Gasteiger partial charge on any atom is 0.420 e. The van der Waals surface area contributed by atoms with E-state index in [0.717, 1.165) is 61.3 Å². The molecule has 0 radical (unpaired) electrons. The monoisotopic (exact) mass is 669 g/mol. The summed E-state index contributed by atoms with van der Waals surface area (Å²) in [5, 5.41) is 12.0. The quantitative estimate of drug-likeness (QED) is 0.231. The summed E-state index contributed by atoms with van der Waals surface area (Å²) in [6.07, 6.45) is -3.92. The van der Waals surface area contributed by atoms with E-state index in [1.807, 2.05) is 0 Å². The standard InChI is InChI=1S/C30H26F7N5O5/c1-40-25(23-20(31)12-18(46-2)13-21(23)32)24(39-27(44)15-5-7-17(8-6-15)47-29(33)34)28(45)42(40)26-19(30(35,36)37)9-10-22(38-26)41-11-3-4-16(41)14-43/h5-10,12-13,16,29,43H,3-4,11,14H2,1-2H3,(H,39,44)/t16-/m0/s1. The second kappa shape index (κ2) is 13.0. The van der Waals surface area contributed by atoms with Gasteiger partial charge in [0.2, 0.25) is 0 Å². The molecule has 0 unspecified atom stereocenters. The van der Waals surface area contributed by atoms with E-state index in [-0.39, 0.29) is 29.5 Å². The number of pyridine rings is 1. The van der Waals surface area contributed by atoms with Crippen LogP contribution in [0, 0.1) is 11.6 Å². The Labute approximate surface area is 261 Å². The van der Waals surface area contributed by atoms with Crippen molar-refractivity contribution < 1.29 is 50.1 Å². The minimum Gasteiger partial charge on any atom is -0.497 e. The van der Waals surface area contributed by atoms with Crippen molar-refractivity contribution in [2.24, 2.45) is 7.05 Å². The minimum absolute atomic E-state index is 0.00213. The fourth-order valence-corrected chi connectivity index (χ4v) is 5.42. The van der Waals surface area contributed by atoms with Crippen molar-refractivity contribution in [2.75, 3.05) is 30.5 Å². The summed E-state index contributed by atoms with van der Waals surface area (Å²) < 4.78 is 109. The van der Waals surface area contributed by atoms with E-state index in [0.29, 0.717) is 30.1 Å². The third-order valence-electron chi connectivity index (χ3n) is 7.58. The average molecular weight is 670 g/mol. The Morgan fingerprint density at radius 3 is 2.32 bits per heavy atom. The van der Waals surface area contributed by atoms with Crippen LogP contribution in [0.1, 0.15) is 28.8 Å². The normalized spacial score (nSPS) is 15.0. The zero-order chi connectivity index (χ0) is 34.2. The van der Waals surface area contributed by atoms with Gasteiger partial charge in [0.05, 0.1) is 25.3 Å². The van der Waals surface area contributed by atoms with Gasteiger partial charge in [0.15, 0.2) is 5.82 Å². The Morgan fingerprint density at radius 2 is 1.74 bits per heavy atom. The fraction of sp³-hybridized carbons (Fsp3) is 0.300. The van der Waals surface area contributed by atoms with Crippen LogP contribution in [0.2, 0.25) is 0 Å². The molecular weight excluding hydrogens is 643 g/mol. The molecule has 10 nitrogen and oxygen atoms in total. The van der Waals surface area contributed by atoms with Gasteiger partial charge in [-0.15, -0.1) is 0 Å². The van der Waals surface area contributed by atoms with Gasteiger partial charge in [0, 0.05) is 31.3 Å². The lowest BCUT2D eigenvalue weighted by Crippen LogP contribution is -2.34. The van der Waals surface area contributed by atoms with E-state index in [4.69, 9.17) is 4.74 Å². The van der Waals surface area contributed by atoms with E-state index in [9.17, 15) is 36.6 Å². The highest BCUT2D eigenvalue weighted by atomic mass is 19.4. The van der Waals surface area contributed by atoms with E-state index < -0.39 is 70.3 Å². The van der Waals surface area contributed by atoms with Gasteiger partial charge in [-0.3, -0.25) is 14.3 Å². The number of nitrogens with one attached hydrogen (secondary N) is 1. The molecule has 1 aliphatic rings. The third-order valence-corrected chi connectivity index (χ3v) is 7.58. The number of carbonyl (C=O) groups excluding carboxylic acids is 1. The van der Waals surface area contributed by atoms with Crippen LogP contribution in [0.3, 0.4) is 0 Å². The van der Waals surface area contributed by atoms with Gasteiger partial charge in [0.25, 0.3) is 11.5 Å². The summed E-state index contributed by atoms with van der Waals surface area (Å²) >= 11 is 0. The summed E-state index contributed by atoms with van der Waals surface area (Å²) in [6.45, 7) is -3.11. The number of amides is 1. The first-order valence-electron chi connectivity index (χ1n) is 13.9. The summed E-state index contributed by atoms with van der Waals surface area (Å²) in [6, 6.07) is 7.04. The highest BCUT2D eigenvalue weighted by molar-refractivity contribution is 6.06. The van der Waals surface area contributed by atoms with Crippen molar-refractivity contribution in [3.05, 3.63) is 81.6 Å². The largest absolute Gasteiger partial charge is 0.497 e. The molecular formula is C30H26F7N5O5. The number of carbonyl (C=O) groups is 1. The molecule has 17 heteroatoms. The van der Waals surface area contributed by atoms with Crippen molar-refractivity contribution in [1.29, 1.82) is 0 Å². The SMILES string of the molecule is COc1cc(F)c(-c2c(NC(=O)c3ccc(OC(F)F)cc3)c(=O)n(-c3nc(N4CCC[C@H]4CO)ccc3C(F)(F)F)n2C)c(F)c1. The van der Waals surface area contributed by atoms with E-state index >= 15 is 8.78 Å². The predicted molar refractivity (Wildman–Crippen MR) is 154 cm³/mol. The number of alkyl halides is 5. The van der Waals surface area contributed by atoms with Crippen molar-refractivity contribution in [3.8, 4) is 28.6 Å². The summed E-state index contributed by atoms with van der Waals surface area (Å²) in [5.74, 6) is -5.14. The average Bonchev–Trinajstić information content (AvgIpc) is 3.58. The molecule has 3 heterocycles. The number of rotatable bonds is 9. The van der Waals surface area contributed by atoms with Gasteiger partial charge in [-0.1, -0.05) is 0 Å². The lowest BCUT2D eigenvalue weighted by atomic mass is 10.1. The first-order chi connectivity index (χ1) is 22.2. The number of aromatic nitrogens is 3. The maximum atomic E-state index is 15.5. The van der Waals surface area contributed by atoms with Gasteiger partial charge >= 0.3 is 12.8 Å². The number of benzene rings is 2. The topological polar surface area (TPSA) is 111 Å². The number of anilines is 2. The number of aliphatic hydroxyl groups is 1. The molecule has 1 aliphatic heterocycles. The summed E-state index contributed by atoms with van der Waals surface area (Å²) in [7, 11) is 2.19. The van der Waals surface area contributed by atoms with Crippen LogP contribution in [0.5, 0.6) is 11.5 Å². The highest BCUT2D eigenvalue weighted by Gasteiger charge is 2.38. The highest BCUT2D eigenvalue weighted by Crippen LogP contribution is 2.38. The van der Waals surface area contributed by atoms with Crippen LogP contribution in [0.4, 0.5) is 42.2 Å². The number of hydrogen-bond acceptors (Lipinski definition) is 7. The van der Waals surface area contributed by atoms with E-state index in [2.05, 4.69) is 15.0 Å². The number of hydrogen-bond donors (Lipinski definition) is 2. The van der Waals surface area contributed by atoms with E-state index in [1.165, 1.54) is 0 Å². The molecule has 5 rings (SSSR count). The second-order valence-electron chi connectivity index (χ2n) is 10.4. The van der Waals surface area contributed by atoms with Crippen molar-refractivity contribution in [2.45, 2.75) is 31.7 Å². The molecule has 1 saturated heterocycles. The Balaban J connectivity index is 1.73. The number of halogens is 7. The Hall–Kier alpha value is -5.06. The number of nitrogens with zero attached hydrogens (tertiary/aromatic N) is 4. The van der Waals surface area contributed by atoms with Crippen LogP contribution in [0.15, 0.2) is 53.3 Å². The van der Waals surface area contributed by atoms with Gasteiger partial charge in [0.1, 0.15) is 45.9 Å². The third kappa shape index (κ3) is 6.47. The molecule has 0 aliphatic carbocycles. The Kier molecular flexibility index (Phi) is 9.20. The molecule has 1 atom stereocenters. The van der Waals surface area contributed by atoms with Crippen molar-refractivity contribution in [1.82, 2.24) is 14.3 Å². The molecule has 2 aromatic carbocycles. The van der Waals surface area contributed by atoms with Crippen LogP contribution < -0.4 is 25.2 Å².